The number of anilines is 1. The molecular weight excluding hydrogens is 438 g/mol. The summed E-state index contributed by atoms with van der Waals surface area (Å²) in [4.78, 5) is 39.1. The quantitative estimate of drug-likeness (QED) is 0.646. The van der Waals surface area contributed by atoms with Crippen LogP contribution in [0.25, 0.3) is 0 Å². The van der Waals surface area contributed by atoms with Crippen molar-refractivity contribution in [2.24, 2.45) is 0 Å². The largest absolute Gasteiger partial charge is 0.493 e. The average Bonchev–Trinajstić information content (AvgIpc) is 3.17. The van der Waals surface area contributed by atoms with Crippen LogP contribution in [0, 0.1) is 0 Å². The molecule has 2 N–H and O–H groups in total. The fraction of sp³-hybridized carbons (Fsp3) is 0.227. The molecule has 0 aliphatic carbocycles. The van der Waals surface area contributed by atoms with Crippen molar-refractivity contribution in [3.8, 4) is 11.5 Å². The highest BCUT2D eigenvalue weighted by molar-refractivity contribution is 6.30. The van der Waals surface area contributed by atoms with Gasteiger partial charge in [-0.1, -0.05) is 23.7 Å². The van der Waals surface area contributed by atoms with E-state index in [2.05, 4.69) is 10.6 Å². The third-order valence-corrected chi connectivity index (χ3v) is 5.42. The van der Waals surface area contributed by atoms with Crippen molar-refractivity contribution >= 4 is 35.2 Å². The Bertz CT molecular complexity index is 1120. The summed E-state index contributed by atoms with van der Waals surface area (Å²) in [6.45, 7) is -0.391. The molecule has 0 bridgehead atoms. The van der Waals surface area contributed by atoms with E-state index in [1.54, 1.807) is 42.5 Å². The Morgan fingerprint density at radius 2 is 1.88 bits per heavy atom. The van der Waals surface area contributed by atoms with E-state index in [1.165, 1.54) is 19.1 Å². The number of carbonyl (C=O) groups excluding carboxylic acids is 3. The number of methoxy groups -OCH3 is 2. The van der Waals surface area contributed by atoms with Crippen LogP contribution >= 0.6 is 11.6 Å². The Morgan fingerprint density at radius 1 is 1.16 bits per heavy atom. The van der Waals surface area contributed by atoms with Crippen LogP contribution in [-0.2, 0) is 14.3 Å². The zero-order valence-electron chi connectivity index (χ0n) is 17.3. The van der Waals surface area contributed by atoms with Crippen LogP contribution in [-0.4, -0.2) is 50.2 Å². The second-order valence-electron chi connectivity index (χ2n) is 7.07. The predicted molar refractivity (Wildman–Crippen MR) is 116 cm³/mol. The van der Waals surface area contributed by atoms with E-state index in [4.69, 9.17) is 25.8 Å². The molecule has 2 heterocycles. The van der Waals surface area contributed by atoms with E-state index >= 15 is 0 Å². The fourth-order valence-corrected chi connectivity index (χ4v) is 3.77. The van der Waals surface area contributed by atoms with E-state index in [1.807, 2.05) is 0 Å². The molecule has 0 saturated heterocycles. The Morgan fingerprint density at radius 3 is 2.56 bits per heavy atom. The maximum atomic E-state index is 12.8. The van der Waals surface area contributed by atoms with Crippen molar-refractivity contribution in [3.05, 3.63) is 64.3 Å². The number of hydrogen-bond acceptors (Lipinski definition) is 6. The van der Waals surface area contributed by atoms with Gasteiger partial charge in [-0.2, -0.15) is 0 Å². The summed E-state index contributed by atoms with van der Waals surface area (Å²) < 4.78 is 15.6. The maximum absolute atomic E-state index is 12.8. The molecule has 1 atom stereocenters. The topological polar surface area (TPSA) is 106 Å². The van der Waals surface area contributed by atoms with Crippen molar-refractivity contribution in [1.29, 1.82) is 0 Å². The number of nitrogens with zero attached hydrogens (tertiary/aromatic N) is 1. The molecule has 4 rings (SSSR count). The summed E-state index contributed by atoms with van der Waals surface area (Å²) in [5, 5.41) is 6.03. The van der Waals surface area contributed by atoms with Gasteiger partial charge in [-0.25, -0.2) is 9.59 Å². The number of amides is 3. The lowest BCUT2D eigenvalue weighted by Gasteiger charge is -2.32. The van der Waals surface area contributed by atoms with Crippen LogP contribution in [0.5, 0.6) is 11.5 Å². The number of halogens is 1. The van der Waals surface area contributed by atoms with Gasteiger partial charge < -0.3 is 24.8 Å². The van der Waals surface area contributed by atoms with Crippen LogP contribution in [0.1, 0.15) is 11.6 Å². The zero-order valence-corrected chi connectivity index (χ0v) is 18.1. The molecule has 1 unspecified atom stereocenters. The lowest BCUT2D eigenvalue weighted by Crippen LogP contribution is -2.49. The number of benzene rings is 2. The van der Waals surface area contributed by atoms with Crippen LogP contribution in [0.15, 0.2) is 53.7 Å². The van der Waals surface area contributed by atoms with Crippen LogP contribution in [0.3, 0.4) is 0 Å². The number of cyclic esters (lactones) is 1. The van der Waals surface area contributed by atoms with Gasteiger partial charge in [0.15, 0.2) is 11.5 Å². The number of hydrogen-bond donors (Lipinski definition) is 2. The average molecular weight is 458 g/mol. The first-order valence-electron chi connectivity index (χ1n) is 9.66. The Kier molecular flexibility index (Phi) is 5.91. The molecule has 2 aromatic rings. The first kappa shape index (κ1) is 21.5. The minimum atomic E-state index is -0.685. The number of nitrogens with one attached hydrogen (secondary N) is 2. The summed E-state index contributed by atoms with van der Waals surface area (Å²) in [5.74, 6) is -0.0223. The van der Waals surface area contributed by atoms with Gasteiger partial charge in [0.25, 0.3) is 0 Å². The molecular formula is C22H20ClN3O6. The number of ether oxygens (including phenoxy) is 3. The molecule has 2 aliphatic rings. The highest BCUT2D eigenvalue weighted by Crippen LogP contribution is 2.35. The predicted octanol–water partition coefficient (Wildman–Crippen LogP) is 2.87. The number of esters is 1. The number of rotatable bonds is 6. The SMILES string of the molecule is COc1ccc(NC(=O)CN2C(=O)NC(c3ccc(Cl)cc3)C3=C2COC3=O)cc1OC. The van der Waals surface area contributed by atoms with Gasteiger partial charge in [-0.15, -0.1) is 0 Å². The van der Waals surface area contributed by atoms with Crippen LogP contribution in [0.2, 0.25) is 5.02 Å². The normalized spacial score (nSPS) is 17.5. The molecule has 2 aromatic carbocycles. The van der Waals surface area contributed by atoms with E-state index in [-0.39, 0.29) is 13.2 Å². The minimum absolute atomic E-state index is 0.0880. The van der Waals surface area contributed by atoms with Crippen molar-refractivity contribution in [1.82, 2.24) is 10.2 Å². The Balaban J connectivity index is 1.55. The van der Waals surface area contributed by atoms with Crippen molar-refractivity contribution in [2.45, 2.75) is 6.04 Å². The second-order valence-corrected chi connectivity index (χ2v) is 7.51. The molecule has 0 aromatic heterocycles. The lowest BCUT2D eigenvalue weighted by molar-refractivity contribution is -0.136. The molecule has 166 valence electrons. The van der Waals surface area contributed by atoms with Crippen LogP contribution < -0.4 is 20.1 Å². The summed E-state index contributed by atoms with van der Waals surface area (Å²) in [6, 6.07) is 10.5. The van der Waals surface area contributed by atoms with Gasteiger partial charge >= 0.3 is 12.0 Å². The summed E-state index contributed by atoms with van der Waals surface area (Å²) in [6.07, 6.45) is 0. The molecule has 3 amide bonds. The highest BCUT2D eigenvalue weighted by atomic mass is 35.5. The molecule has 2 aliphatic heterocycles. The summed E-state index contributed by atoms with van der Waals surface area (Å²) >= 11 is 5.94. The molecule has 0 radical (unpaired) electrons. The fourth-order valence-electron chi connectivity index (χ4n) is 3.64. The summed E-state index contributed by atoms with van der Waals surface area (Å²) in [7, 11) is 3.00. The molecule has 9 nitrogen and oxygen atoms in total. The van der Waals surface area contributed by atoms with Crippen molar-refractivity contribution in [2.75, 3.05) is 32.7 Å². The summed E-state index contributed by atoms with van der Waals surface area (Å²) in [5.41, 5.74) is 1.81. The highest BCUT2D eigenvalue weighted by Gasteiger charge is 2.42. The van der Waals surface area contributed by atoms with Gasteiger partial charge in [-0.05, 0) is 29.8 Å². The number of carbonyl (C=O) groups is 3. The van der Waals surface area contributed by atoms with Gasteiger partial charge in [-0.3, -0.25) is 9.69 Å². The Hall–Kier alpha value is -3.72. The molecule has 0 spiro atoms. The lowest BCUT2D eigenvalue weighted by atomic mass is 9.96. The molecule has 0 fully saturated rings. The van der Waals surface area contributed by atoms with Crippen molar-refractivity contribution in [3.63, 3.8) is 0 Å². The molecule has 0 saturated carbocycles. The van der Waals surface area contributed by atoms with Crippen LogP contribution in [0.4, 0.5) is 10.5 Å². The second kappa shape index (κ2) is 8.80. The smallest absolute Gasteiger partial charge is 0.338 e. The van der Waals surface area contributed by atoms with E-state index in [0.29, 0.717) is 39.0 Å². The molecule has 32 heavy (non-hydrogen) atoms. The van der Waals surface area contributed by atoms with Gasteiger partial charge in [0.2, 0.25) is 5.91 Å². The Labute approximate surface area is 188 Å². The first-order chi connectivity index (χ1) is 15.4. The third-order valence-electron chi connectivity index (χ3n) is 5.17. The van der Waals surface area contributed by atoms with E-state index < -0.39 is 23.9 Å². The first-order valence-corrected chi connectivity index (χ1v) is 10.0. The third kappa shape index (κ3) is 4.06. The monoisotopic (exact) mass is 457 g/mol. The maximum Gasteiger partial charge on any atom is 0.338 e. The van der Waals surface area contributed by atoms with Gasteiger partial charge in [0, 0.05) is 16.8 Å². The minimum Gasteiger partial charge on any atom is -0.493 e. The molecule has 10 heteroatoms. The van der Waals surface area contributed by atoms with E-state index in [0.717, 1.165) is 0 Å². The zero-order chi connectivity index (χ0) is 22.8. The standard InChI is InChI=1S/C22H20ClN3O6/c1-30-16-8-7-14(9-17(16)31-2)24-18(27)10-26-15-11-32-21(28)19(15)20(25-22(26)29)12-3-5-13(23)6-4-12/h3-9,20H,10-11H2,1-2H3,(H,24,27)(H,25,29). The van der Waals surface area contributed by atoms with Gasteiger partial charge in [0.1, 0.15) is 13.2 Å². The van der Waals surface area contributed by atoms with E-state index in [9.17, 15) is 14.4 Å². The van der Waals surface area contributed by atoms with Gasteiger partial charge in [0.05, 0.1) is 31.5 Å². The number of urea groups is 1. The van der Waals surface area contributed by atoms with Crippen molar-refractivity contribution < 1.29 is 28.6 Å².